The summed E-state index contributed by atoms with van der Waals surface area (Å²) in [5, 5.41) is 24.8. The smallest absolute Gasteiger partial charge is 0.342 e. The van der Waals surface area contributed by atoms with Crippen molar-refractivity contribution in [2.75, 3.05) is 0 Å². The molecule has 11 heteroatoms. The molecule has 8 nitrogen and oxygen atoms in total. The molecule has 0 aliphatic heterocycles. The number of amides is 1. The Kier molecular flexibility index (Phi) is 6.18. The Labute approximate surface area is 187 Å². The zero-order valence-corrected chi connectivity index (χ0v) is 17.8. The van der Waals surface area contributed by atoms with Gasteiger partial charge in [0.2, 0.25) is 0 Å². The predicted molar refractivity (Wildman–Crippen MR) is 110 cm³/mol. The van der Waals surface area contributed by atoms with Crippen LogP contribution in [0.3, 0.4) is 0 Å². The molecule has 0 spiro atoms. The maximum Gasteiger partial charge on any atom is 0.417 e. The first kappa shape index (κ1) is 23.4. The fraction of sp³-hybridized carbons (Fsp3) is 0.273. The minimum absolute atomic E-state index is 0.225. The number of halogens is 3. The van der Waals surface area contributed by atoms with Crippen molar-refractivity contribution in [3.05, 3.63) is 70.9 Å². The second-order valence-corrected chi connectivity index (χ2v) is 7.70. The third kappa shape index (κ3) is 4.67. The Balaban J connectivity index is 1.96. The molecule has 0 unspecified atom stereocenters. The Hall–Kier alpha value is -4.25. The second kappa shape index (κ2) is 8.71. The van der Waals surface area contributed by atoms with E-state index in [1.165, 1.54) is 55.3 Å². The molecule has 0 radical (unpaired) electrons. The summed E-state index contributed by atoms with van der Waals surface area (Å²) < 4.78 is 43.2. The van der Waals surface area contributed by atoms with Crippen LogP contribution in [0.25, 0.3) is 5.82 Å². The van der Waals surface area contributed by atoms with Gasteiger partial charge in [-0.05, 0) is 44.5 Å². The van der Waals surface area contributed by atoms with E-state index in [9.17, 15) is 23.2 Å². The molecule has 0 aliphatic carbocycles. The summed E-state index contributed by atoms with van der Waals surface area (Å²) in [5.74, 6) is -0.438. The van der Waals surface area contributed by atoms with Crippen molar-refractivity contribution < 1.29 is 18.0 Å². The Morgan fingerprint density at radius 2 is 1.88 bits per heavy atom. The number of hydrogen-bond acceptors (Lipinski definition) is 6. The molecule has 0 saturated heterocycles. The van der Waals surface area contributed by atoms with E-state index in [4.69, 9.17) is 5.26 Å². The molecule has 168 valence electrons. The van der Waals surface area contributed by atoms with Crippen LogP contribution in [-0.4, -0.2) is 25.7 Å². The summed E-state index contributed by atoms with van der Waals surface area (Å²) in [6.45, 7) is 4.25. The number of nitrogens with zero attached hydrogens (tertiary/aromatic N) is 6. The van der Waals surface area contributed by atoms with Crippen molar-refractivity contribution in [1.29, 1.82) is 10.5 Å². The number of hydrogen-bond donors (Lipinski definition) is 1. The average molecular weight is 453 g/mol. The van der Waals surface area contributed by atoms with Gasteiger partial charge in [-0.2, -0.15) is 33.5 Å². The van der Waals surface area contributed by atoms with Gasteiger partial charge < -0.3 is 5.32 Å². The molecule has 0 aliphatic rings. The van der Waals surface area contributed by atoms with Crippen LogP contribution in [0.5, 0.6) is 0 Å². The minimum atomic E-state index is -4.85. The zero-order valence-electron chi connectivity index (χ0n) is 17.8. The first-order valence-electron chi connectivity index (χ1n) is 9.69. The molecule has 0 saturated carbocycles. The summed E-state index contributed by atoms with van der Waals surface area (Å²) in [5.41, 5.74) is -3.17. The highest BCUT2D eigenvalue weighted by atomic mass is 19.4. The van der Waals surface area contributed by atoms with E-state index in [1.807, 2.05) is 12.1 Å². The van der Waals surface area contributed by atoms with Crippen molar-refractivity contribution >= 4 is 5.91 Å². The predicted octanol–water partition coefficient (Wildman–Crippen LogP) is 3.84. The lowest BCUT2D eigenvalue weighted by Gasteiger charge is -2.24. The third-order valence-electron chi connectivity index (χ3n) is 4.95. The number of carbonyl (C=O) groups is 1. The Bertz CT molecular complexity index is 1260. The van der Waals surface area contributed by atoms with Crippen LogP contribution in [0.1, 0.15) is 59.7 Å². The van der Waals surface area contributed by atoms with Gasteiger partial charge in [0.05, 0.1) is 34.2 Å². The van der Waals surface area contributed by atoms with Gasteiger partial charge in [0.15, 0.2) is 11.6 Å². The first-order chi connectivity index (χ1) is 15.5. The van der Waals surface area contributed by atoms with Gasteiger partial charge in [-0.25, -0.2) is 9.97 Å². The number of nitriles is 2. The lowest BCUT2D eigenvalue weighted by Crippen LogP contribution is -2.32. The van der Waals surface area contributed by atoms with Gasteiger partial charge in [-0.3, -0.25) is 4.79 Å². The fourth-order valence-corrected chi connectivity index (χ4v) is 3.27. The zero-order chi connectivity index (χ0) is 24.4. The van der Waals surface area contributed by atoms with E-state index in [-0.39, 0.29) is 11.4 Å². The topological polar surface area (TPSA) is 120 Å². The van der Waals surface area contributed by atoms with E-state index in [1.54, 1.807) is 6.92 Å². The summed E-state index contributed by atoms with van der Waals surface area (Å²) in [6.07, 6.45) is -2.30. The lowest BCUT2D eigenvalue weighted by atomic mass is 9.81. The van der Waals surface area contributed by atoms with Gasteiger partial charge in [0.1, 0.15) is 12.4 Å². The van der Waals surface area contributed by atoms with Crippen LogP contribution in [0.15, 0.2) is 42.9 Å². The van der Waals surface area contributed by atoms with Crippen LogP contribution >= 0.6 is 0 Å². The van der Waals surface area contributed by atoms with E-state index in [0.717, 1.165) is 6.07 Å². The molecule has 3 rings (SSSR count). The molecule has 1 N–H and O–H groups in total. The van der Waals surface area contributed by atoms with E-state index in [0.29, 0.717) is 11.4 Å². The molecular formula is C22H18F3N7O. The SMILES string of the molecule is C[C@H](NC(=O)c1cccc(C(C)(C)C#N)c1C(F)(F)F)c1ncnn1-c1ccc(C#N)cn1. The number of nitrogens with one attached hydrogen (secondary N) is 1. The number of carbonyl (C=O) groups excluding carboxylic acids is 1. The van der Waals surface area contributed by atoms with Crippen molar-refractivity contribution in [2.45, 2.75) is 38.4 Å². The molecule has 0 fully saturated rings. The van der Waals surface area contributed by atoms with Gasteiger partial charge in [-0.1, -0.05) is 12.1 Å². The van der Waals surface area contributed by atoms with E-state index < -0.39 is 34.7 Å². The summed E-state index contributed by atoms with van der Waals surface area (Å²) in [4.78, 5) is 21.1. The van der Waals surface area contributed by atoms with Gasteiger partial charge in [-0.15, -0.1) is 0 Å². The maximum atomic E-state index is 13.9. The van der Waals surface area contributed by atoms with E-state index >= 15 is 0 Å². The Morgan fingerprint density at radius 3 is 2.45 bits per heavy atom. The molecule has 1 atom stereocenters. The second-order valence-electron chi connectivity index (χ2n) is 7.70. The highest BCUT2D eigenvalue weighted by molar-refractivity contribution is 5.96. The van der Waals surface area contributed by atoms with Crippen molar-refractivity contribution in [1.82, 2.24) is 25.1 Å². The highest BCUT2D eigenvalue weighted by Crippen LogP contribution is 2.39. The number of aromatic nitrogens is 4. The molecular weight excluding hydrogens is 435 g/mol. The summed E-state index contributed by atoms with van der Waals surface area (Å²) in [6, 6.07) is 9.57. The van der Waals surface area contributed by atoms with Crippen molar-refractivity contribution in [3.63, 3.8) is 0 Å². The quantitative estimate of drug-likeness (QED) is 0.627. The van der Waals surface area contributed by atoms with Gasteiger partial charge in [0.25, 0.3) is 5.91 Å². The van der Waals surface area contributed by atoms with Crippen LogP contribution in [0, 0.1) is 22.7 Å². The van der Waals surface area contributed by atoms with Crippen LogP contribution in [-0.2, 0) is 11.6 Å². The fourth-order valence-electron chi connectivity index (χ4n) is 3.27. The minimum Gasteiger partial charge on any atom is -0.342 e. The maximum absolute atomic E-state index is 13.9. The largest absolute Gasteiger partial charge is 0.417 e. The van der Waals surface area contributed by atoms with Crippen molar-refractivity contribution in [3.8, 4) is 18.0 Å². The number of benzene rings is 1. The molecule has 2 heterocycles. The van der Waals surface area contributed by atoms with Crippen molar-refractivity contribution in [2.24, 2.45) is 0 Å². The molecule has 0 bridgehead atoms. The van der Waals surface area contributed by atoms with Gasteiger partial charge >= 0.3 is 6.18 Å². The molecule has 33 heavy (non-hydrogen) atoms. The van der Waals surface area contributed by atoms with E-state index in [2.05, 4.69) is 20.4 Å². The van der Waals surface area contributed by atoms with Gasteiger partial charge in [0, 0.05) is 6.20 Å². The average Bonchev–Trinajstić information content (AvgIpc) is 3.28. The molecule has 1 aromatic carbocycles. The molecule has 2 aromatic heterocycles. The normalized spacial score (nSPS) is 12.5. The standard InChI is InChI=1S/C22H18F3N7O/c1-13(19-29-12-30-32(19)17-8-7-14(9-26)10-28-17)31-20(33)15-5-4-6-16(21(2,3)11-27)18(15)22(23,24)25/h4-8,10,12-13H,1-3H3,(H,31,33)/t13-/m0/s1. The highest BCUT2D eigenvalue weighted by Gasteiger charge is 2.41. The number of pyridine rings is 1. The van der Waals surface area contributed by atoms with Crippen LogP contribution < -0.4 is 5.32 Å². The Morgan fingerprint density at radius 1 is 1.15 bits per heavy atom. The molecule has 1 amide bonds. The molecule has 3 aromatic rings. The lowest BCUT2D eigenvalue weighted by molar-refractivity contribution is -0.138. The first-order valence-corrected chi connectivity index (χ1v) is 9.69. The summed E-state index contributed by atoms with van der Waals surface area (Å²) in [7, 11) is 0. The number of rotatable bonds is 5. The third-order valence-corrected chi connectivity index (χ3v) is 4.95. The monoisotopic (exact) mass is 453 g/mol. The summed E-state index contributed by atoms with van der Waals surface area (Å²) >= 11 is 0. The van der Waals surface area contributed by atoms with Crippen LogP contribution in [0.4, 0.5) is 13.2 Å². The van der Waals surface area contributed by atoms with Crippen LogP contribution in [0.2, 0.25) is 0 Å². The number of alkyl halides is 3.